The average Bonchev–Trinajstić information content (AvgIpc) is 2.28. The van der Waals surface area contributed by atoms with E-state index >= 15 is 0 Å². The fourth-order valence-corrected chi connectivity index (χ4v) is 1.51. The minimum Gasteiger partial charge on any atom is -0.368 e. The molecular weight excluding hydrogens is 207 g/mol. The van der Waals surface area contributed by atoms with Gasteiger partial charge in [0.05, 0.1) is 6.07 Å². The number of rotatable bonds is 4. The van der Waals surface area contributed by atoms with Gasteiger partial charge in [-0.25, -0.2) is 4.39 Å². The van der Waals surface area contributed by atoms with E-state index < -0.39 is 11.3 Å². The molecule has 0 aliphatic carbocycles. The second-order valence-electron chi connectivity index (χ2n) is 3.71. The van der Waals surface area contributed by atoms with Crippen LogP contribution in [0.4, 0.5) is 4.39 Å². The number of nitriles is 1. The molecule has 0 bridgehead atoms. The number of halogens is 1. The normalized spacial score (nSPS) is 13.8. The van der Waals surface area contributed by atoms with Crippen LogP contribution in [0.1, 0.15) is 18.9 Å². The third-order valence-corrected chi connectivity index (χ3v) is 2.71. The fourth-order valence-electron chi connectivity index (χ4n) is 1.51. The van der Waals surface area contributed by atoms with Crippen LogP contribution >= 0.6 is 0 Å². The monoisotopic (exact) mass is 220 g/mol. The van der Waals surface area contributed by atoms with Crippen molar-refractivity contribution in [1.29, 1.82) is 5.26 Å². The molecule has 0 heterocycles. The average molecular weight is 220 g/mol. The molecule has 1 aromatic carbocycles. The molecular formula is C12H13FN2O. The highest BCUT2D eigenvalue weighted by molar-refractivity contribution is 5.84. The highest BCUT2D eigenvalue weighted by Gasteiger charge is 2.35. The lowest BCUT2D eigenvalue weighted by Gasteiger charge is -2.20. The third kappa shape index (κ3) is 2.37. The Bertz CT molecular complexity index is 422. The van der Waals surface area contributed by atoms with E-state index in [1.165, 1.54) is 12.1 Å². The van der Waals surface area contributed by atoms with Crippen LogP contribution in [-0.2, 0) is 11.2 Å². The molecule has 0 fully saturated rings. The number of primary amides is 1. The molecule has 0 saturated carbocycles. The number of amides is 1. The molecule has 1 atom stereocenters. The molecule has 84 valence electrons. The lowest BCUT2D eigenvalue weighted by Crippen LogP contribution is -2.37. The fraction of sp³-hybridized carbons (Fsp3) is 0.333. The second-order valence-corrected chi connectivity index (χ2v) is 3.71. The van der Waals surface area contributed by atoms with Crippen LogP contribution in [-0.4, -0.2) is 5.91 Å². The van der Waals surface area contributed by atoms with Gasteiger partial charge in [-0.3, -0.25) is 4.79 Å². The lowest BCUT2D eigenvalue weighted by molar-refractivity contribution is -0.125. The van der Waals surface area contributed by atoms with Crippen molar-refractivity contribution in [2.24, 2.45) is 11.1 Å². The van der Waals surface area contributed by atoms with Crippen LogP contribution in [0.2, 0.25) is 0 Å². The SMILES string of the molecule is CCC(C#N)(Cc1ccc(F)cc1)C(N)=O. The number of hydrogen-bond acceptors (Lipinski definition) is 2. The zero-order chi connectivity index (χ0) is 12.2. The molecule has 1 aromatic rings. The highest BCUT2D eigenvalue weighted by atomic mass is 19.1. The molecule has 0 radical (unpaired) electrons. The molecule has 4 heteroatoms. The summed E-state index contributed by atoms with van der Waals surface area (Å²) in [6.07, 6.45) is 0.561. The number of nitrogens with zero attached hydrogens (tertiary/aromatic N) is 1. The largest absolute Gasteiger partial charge is 0.368 e. The van der Waals surface area contributed by atoms with Gasteiger partial charge >= 0.3 is 0 Å². The van der Waals surface area contributed by atoms with Crippen molar-refractivity contribution in [3.63, 3.8) is 0 Å². The molecule has 2 N–H and O–H groups in total. The van der Waals surface area contributed by atoms with Gasteiger partial charge in [-0.05, 0) is 30.5 Å². The standard InChI is InChI=1S/C12H13FN2O/c1-2-12(8-14,11(15)16)7-9-3-5-10(13)6-4-9/h3-6H,2,7H2,1H3,(H2,15,16). The Kier molecular flexibility index (Phi) is 3.62. The molecule has 16 heavy (non-hydrogen) atoms. The molecule has 0 spiro atoms. The van der Waals surface area contributed by atoms with Crippen molar-refractivity contribution in [3.05, 3.63) is 35.6 Å². The molecule has 0 aromatic heterocycles. The molecule has 1 rings (SSSR count). The first-order valence-electron chi connectivity index (χ1n) is 4.99. The number of benzene rings is 1. The summed E-state index contributed by atoms with van der Waals surface area (Å²) in [5.74, 6) is -0.983. The summed E-state index contributed by atoms with van der Waals surface area (Å²) in [4.78, 5) is 11.3. The Morgan fingerprint density at radius 2 is 2.06 bits per heavy atom. The Morgan fingerprint density at radius 3 is 2.44 bits per heavy atom. The van der Waals surface area contributed by atoms with Gasteiger partial charge in [0.15, 0.2) is 0 Å². The van der Waals surface area contributed by atoms with Crippen molar-refractivity contribution in [2.75, 3.05) is 0 Å². The van der Waals surface area contributed by atoms with Gasteiger partial charge in [0.1, 0.15) is 11.2 Å². The molecule has 1 amide bonds. The Balaban J connectivity index is 2.97. The van der Waals surface area contributed by atoms with Gasteiger partial charge in [-0.1, -0.05) is 19.1 Å². The molecule has 0 saturated heterocycles. The lowest BCUT2D eigenvalue weighted by atomic mass is 9.80. The van der Waals surface area contributed by atoms with Crippen molar-refractivity contribution in [1.82, 2.24) is 0 Å². The Labute approximate surface area is 93.7 Å². The smallest absolute Gasteiger partial charge is 0.238 e. The van der Waals surface area contributed by atoms with E-state index in [4.69, 9.17) is 11.0 Å². The quantitative estimate of drug-likeness (QED) is 0.840. The van der Waals surface area contributed by atoms with Crippen LogP contribution < -0.4 is 5.73 Å². The summed E-state index contributed by atoms with van der Waals surface area (Å²) in [5, 5.41) is 9.04. The number of carbonyl (C=O) groups is 1. The molecule has 0 aliphatic heterocycles. The van der Waals surface area contributed by atoms with Crippen LogP contribution in [0.3, 0.4) is 0 Å². The van der Waals surface area contributed by atoms with E-state index in [9.17, 15) is 9.18 Å². The number of carbonyl (C=O) groups excluding carboxylic acids is 1. The molecule has 1 unspecified atom stereocenters. The Morgan fingerprint density at radius 1 is 1.50 bits per heavy atom. The van der Waals surface area contributed by atoms with Crippen LogP contribution in [0.5, 0.6) is 0 Å². The van der Waals surface area contributed by atoms with Crippen molar-refractivity contribution >= 4 is 5.91 Å². The highest BCUT2D eigenvalue weighted by Crippen LogP contribution is 2.26. The van der Waals surface area contributed by atoms with Crippen LogP contribution in [0.15, 0.2) is 24.3 Å². The minimum absolute atomic E-state index is 0.218. The molecule has 3 nitrogen and oxygen atoms in total. The second kappa shape index (κ2) is 4.75. The summed E-state index contributed by atoms with van der Waals surface area (Å²) in [6.45, 7) is 1.73. The minimum atomic E-state index is -1.20. The zero-order valence-corrected chi connectivity index (χ0v) is 9.03. The van der Waals surface area contributed by atoms with Gasteiger partial charge in [0.25, 0.3) is 0 Å². The first-order valence-corrected chi connectivity index (χ1v) is 4.99. The summed E-state index contributed by atoms with van der Waals surface area (Å²) >= 11 is 0. The maximum absolute atomic E-state index is 12.7. The van der Waals surface area contributed by atoms with Gasteiger partial charge < -0.3 is 5.73 Å². The maximum Gasteiger partial charge on any atom is 0.238 e. The summed E-state index contributed by atoms with van der Waals surface area (Å²) in [5.41, 5.74) is 4.76. The first kappa shape index (κ1) is 12.2. The molecule has 0 aliphatic rings. The number of hydrogen-bond donors (Lipinski definition) is 1. The summed E-state index contributed by atoms with van der Waals surface area (Å²) < 4.78 is 12.7. The van der Waals surface area contributed by atoms with E-state index in [1.54, 1.807) is 19.1 Å². The Hall–Kier alpha value is -1.89. The van der Waals surface area contributed by atoms with Crippen molar-refractivity contribution < 1.29 is 9.18 Å². The van der Waals surface area contributed by atoms with E-state index in [-0.39, 0.29) is 12.2 Å². The van der Waals surface area contributed by atoms with E-state index in [0.29, 0.717) is 6.42 Å². The van der Waals surface area contributed by atoms with E-state index in [1.807, 2.05) is 6.07 Å². The number of nitrogens with two attached hydrogens (primary N) is 1. The van der Waals surface area contributed by atoms with Crippen molar-refractivity contribution in [2.45, 2.75) is 19.8 Å². The van der Waals surface area contributed by atoms with Crippen LogP contribution in [0.25, 0.3) is 0 Å². The van der Waals surface area contributed by atoms with Gasteiger partial charge in [0, 0.05) is 0 Å². The van der Waals surface area contributed by atoms with Gasteiger partial charge in [-0.2, -0.15) is 5.26 Å². The van der Waals surface area contributed by atoms with Gasteiger partial charge in [0.2, 0.25) is 5.91 Å². The summed E-state index contributed by atoms with van der Waals surface area (Å²) in [7, 11) is 0. The predicted octanol–water partition coefficient (Wildman–Crippen LogP) is 1.77. The summed E-state index contributed by atoms with van der Waals surface area (Å²) in [6, 6.07) is 7.67. The van der Waals surface area contributed by atoms with E-state index in [0.717, 1.165) is 5.56 Å². The van der Waals surface area contributed by atoms with Gasteiger partial charge in [-0.15, -0.1) is 0 Å². The first-order chi connectivity index (χ1) is 7.54. The third-order valence-electron chi connectivity index (χ3n) is 2.71. The van der Waals surface area contributed by atoms with Crippen molar-refractivity contribution in [3.8, 4) is 6.07 Å². The van der Waals surface area contributed by atoms with E-state index in [2.05, 4.69) is 0 Å². The zero-order valence-electron chi connectivity index (χ0n) is 9.03. The topological polar surface area (TPSA) is 66.9 Å². The predicted molar refractivity (Wildman–Crippen MR) is 57.6 cm³/mol. The maximum atomic E-state index is 12.7. The van der Waals surface area contributed by atoms with Crippen LogP contribution in [0, 0.1) is 22.6 Å².